The zero-order valence-electron chi connectivity index (χ0n) is 12.8. The molecule has 1 aliphatic heterocycles. The van der Waals surface area contributed by atoms with Crippen LogP contribution in [0.1, 0.15) is 28.9 Å². The Labute approximate surface area is 145 Å². The average Bonchev–Trinajstić information content (AvgIpc) is 2.97. The van der Waals surface area contributed by atoms with E-state index >= 15 is 0 Å². The summed E-state index contributed by atoms with van der Waals surface area (Å²) in [5.41, 5.74) is 1.58. The van der Waals surface area contributed by atoms with Gasteiger partial charge in [0.15, 0.2) is 5.82 Å². The van der Waals surface area contributed by atoms with Crippen LogP contribution in [-0.2, 0) is 0 Å². The van der Waals surface area contributed by atoms with E-state index < -0.39 is 0 Å². The Morgan fingerprint density at radius 1 is 1.26 bits per heavy atom. The van der Waals surface area contributed by atoms with Crippen molar-refractivity contribution in [1.29, 1.82) is 0 Å². The number of amides is 1. The molecule has 122 valence electrons. The van der Waals surface area contributed by atoms with Gasteiger partial charge in [0.1, 0.15) is 0 Å². The van der Waals surface area contributed by atoms with Crippen LogP contribution in [0.3, 0.4) is 0 Å². The first-order chi connectivity index (χ1) is 11.0. The second kappa shape index (κ2) is 6.81. The van der Waals surface area contributed by atoms with Gasteiger partial charge < -0.3 is 10.2 Å². The lowest BCUT2D eigenvalue weighted by atomic mass is 10.0. The summed E-state index contributed by atoms with van der Waals surface area (Å²) in [4.78, 5) is 14.5. The van der Waals surface area contributed by atoms with Gasteiger partial charge in [-0.3, -0.25) is 9.89 Å². The molecule has 23 heavy (non-hydrogen) atoms. The summed E-state index contributed by atoms with van der Waals surface area (Å²) in [5.74, 6) is 0.856. The van der Waals surface area contributed by atoms with Crippen molar-refractivity contribution < 1.29 is 4.79 Å². The highest BCUT2D eigenvalue weighted by molar-refractivity contribution is 6.42. The van der Waals surface area contributed by atoms with Crippen molar-refractivity contribution in [2.75, 3.05) is 18.0 Å². The summed E-state index contributed by atoms with van der Waals surface area (Å²) in [7, 11) is 0. The van der Waals surface area contributed by atoms with E-state index in [1.165, 1.54) is 0 Å². The molecule has 3 rings (SSSR count). The Morgan fingerprint density at radius 2 is 2.00 bits per heavy atom. The number of nitrogens with zero attached hydrogens (tertiary/aromatic N) is 2. The summed E-state index contributed by atoms with van der Waals surface area (Å²) < 4.78 is 0. The molecule has 1 aliphatic rings. The fourth-order valence-corrected chi connectivity index (χ4v) is 3.02. The van der Waals surface area contributed by atoms with Gasteiger partial charge in [-0.2, -0.15) is 5.10 Å². The molecule has 1 amide bonds. The molecule has 1 aromatic heterocycles. The third-order valence-electron chi connectivity index (χ3n) is 4.03. The molecule has 0 saturated carbocycles. The van der Waals surface area contributed by atoms with Crippen LogP contribution in [0.15, 0.2) is 24.3 Å². The van der Waals surface area contributed by atoms with Gasteiger partial charge in [-0.15, -0.1) is 0 Å². The molecular formula is C16H18Cl2N4O. The largest absolute Gasteiger partial charge is 0.355 e. The standard InChI is InChI=1S/C16H18Cl2N4O/c1-10-8-15(21-20-10)22-6-4-12(5-7-22)19-16(23)11-2-3-13(17)14(18)9-11/h2-3,8-9,12H,4-7H2,1H3,(H,19,23)(H,20,21). The van der Waals surface area contributed by atoms with E-state index in [0.29, 0.717) is 15.6 Å². The predicted octanol–water partition coefficient (Wildman–Crippen LogP) is 3.42. The van der Waals surface area contributed by atoms with Crippen LogP contribution in [0.2, 0.25) is 10.0 Å². The maximum Gasteiger partial charge on any atom is 0.251 e. The molecule has 5 nitrogen and oxygen atoms in total. The Hall–Kier alpha value is -1.72. The Morgan fingerprint density at radius 3 is 2.61 bits per heavy atom. The number of anilines is 1. The van der Waals surface area contributed by atoms with Crippen LogP contribution in [0, 0.1) is 6.92 Å². The molecule has 1 aromatic carbocycles. The minimum absolute atomic E-state index is 0.113. The van der Waals surface area contributed by atoms with Crippen molar-refractivity contribution in [3.05, 3.63) is 45.6 Å². The molecule has 2 aromatic rings. The highest BCUT2D eigenvalue weighted by atomic mass is 35.5. The quantitative estimate of drug-likeness (QED) is 0.889. The first kappa shape index (κ1) is 16.1. The first-order valence-electron chi connectivity index (χ1n) is 7.56. The van der Waals surface area contributed by atoms with Gasteiger partial charge in [0, 0.05) is 36.5 Å². The third kappa shape index (κ3) is 3.79. The van der Waals surface area contributed by atoms with Crippen molar-refractivity contribution in [3.8, 4) is 0 Å². The first-order valence-corrected chi connectivity index (χ1v) is 8.31. The lowest BCUT2D eigenvalue weighted by molar-refractivity contribution is 0.0931. The number of aromatic nitrogens is 2. The summed E-state index contributed by atoms with van der Waals surface area (Å²) in [6.07, 6.45) is 1.78. The monoisotopic (exact) mass is 352 g/mol. The van der Waals surface area contributed by atoms with Gasteiger partial charge >= 0.3 is 0 Å². The number of halogens is 2. The minimum Gasteiger partial charge on any atom is -0.355 e. The lowest BCUT2D eigenvalue weighted by Gasteiger charge is -2.32. The van der Waals surface area contributed by atoms with Crippen molar-refractivity contribution >= 4 is 34.9 Å². The number of carbonyl (C=O) groups is 1. The number of benzene rings is 1. The van der Waals surface area contributed by atoms with E-state index in [2.05, 4.69) is 20.4 Å². The zero-order valence-corrected chi connectivity index (χ0v) is 14.3. The molecule has 2 N–H and O–H groups in total. The highest BCUT2D eigenvalue weighted by Crippen LogP contribution is 2.23. The molecule has 0 atom stereocenters. The molecule has 2 heterocycles. The Bertz CT molecular complexity index is 708. The smallest absolute Gasteiger partial charge is 0.251 e. The normalized spacial score (nSPS) is 15.7. The van der Waals surface area contributed by atoms with E-state index in [0.717, 1.165) is 37.4 Å². The minimum atomic E-state index is -0.113. The van der Waals surface area contributed by atoms with E-state index in [1.54, 1.807) is 18.2 Å². The molecule has 7 heteroatoms. The average molecular weight is 353 g/mol. The van der Waals surface area contributed by atoms with Gasteiger partial charge in [-0.05, 0) is 38.0 Å². The summed E-state index contributed by atoms with van der Waals surface area (Å²) in [6, 6.07) is 7.12. The maximum atomic E-state index is 12.3. The molecular weight excluding hydrogens is 335 g/mol. The van der Waals surface area contributed by atoms with Gasteiger partial charge in [0.2, 0.25) is 0 Å². The van der Waals surface area contributed by atoms with Gasteiger partial charge in [0.05, 0.1) is 10.0 Å². The van der Waals surface area contributed by atoms with Crippen molar-refractivity contribution in [2.24, 2.45) is 0 Å². The predicted molar refractivity (Wildman–Crippen MR) is 92.5 cm³/mol. The fraction of sp³-hybridized carbons (Fsp3) is 0.375. The third-order valence-corrected chi connectivity index (χ3v) is 4.77. The highest BCUT2D eigenvalue weighted by Gasteiger charge is 2.22. The van der Waals surface area contributed by atoms with Gasteiger partial charge in [-0.1, -0.05) is 23.2 Å². The Balaban J connectivity index is 1.56. The fourth-order valence-electron chi connectivity index (χ4n) is 2.72. The van der Waals surface area contributed by atoms with Crippen LogP contribution in [0.25, 0.3) is 0 Å². The molecule has 0 radical (unpaired) electrons. The van der Waals surface area contributed by atoms with E-state index in [-0.39, 0.29) is 11.9 Å². The number of hydrogen-bond donors (Lipinski definition) is 2. The van der Waals surface area contributed by atoms with Crippen molar-refractivity contribution in [1.82, 2.24) is 15.5 Å². The van der Waals surface area contributed by atoms with Gasteiger partial charge in [-0.25, -0.2) is 0 Å². The number of hydrogen-bond acceptors (Lipinski definition) is 3. The number of aryl methyl sites for hydroxylation is 1. The summed E-state index contributed by atoms with van der Waals surface area (Å²) in [5, 5.41) is 11.1. The Kier molecular flexibility index (Phi) is 4.78. The zero-order chi connectivity index (χ0) is 16.4. The van der Waals surface area contributed by atoms with E-state index in [4.69, 9.17) is 23.2 Å². The van der Waals surface area contributed by atoms with Crippen LogP contribution in [-0.4, -0.2) is 35.2 Å². The number of carbonyl (C=O) groups excluding carboxylic acids is 1. The maximum absolute atomic E-state index is 12.3. The van der Waals surface area contributed by atoms with Crippen LogP contribution >= 0.6 is 23.2 Å². The molecule has 1 fully saturated rings. The SMILES string of the molecule is Cc1cc(N2CCC(NC(=O)c3ccc(Cl)c(Cl)c3)CC2)n[nH]1. The topological polar surface area (TPSA) is 61.0 Å². The number of H-pyrrole nitrogens is 1. The second-order valence-corrected chi connectivity index (χ2v) is 6.59. The summed E-state index contributed by atoms with van der Waals surface area (Å²) in [6.45, 7) is 3.73. The van der Waals surface area contributed by atoms with E-state index in [9.17, 15) is 4.79 Å². The second-order valence-electron chi connectivity index (χ2n) is 5.77. The molecule has 0 unspecified atom stereocenters. The van der Waals surface area contributed by atoms with Crippen LogP contribution in [0.5, 0.6) is 0 Å². The number of rotatable bonds is 3. The van der Waals surface area contributed by atoms with Crippen molar-refractivity contribution in [3.63, 3.8) is 0 Å². The van der Waals surface area contributed by atoms with Crippen molar-refractivity contribution in [2.45, 2.75) is 25.8 Å². The van der Waals surface area contributed by atoms with Gasteiger partial charge in [0.25, 0.3) is 5.91 Å². The van der Waals surface area contributed by atoms with Crippen LogP contribution < -0.4 is 10.2 Å². The molecule has 1 saturated heterocycles. The summed E-state index contributed by atoms with van der Waals surface area (Å²) >= 11 is 11.8. The number of nitrogens with one attached hydrogen (secondary N) is 2. The molecule has 0 spiro atoms. The molecule has 0 bridgehead atoms. The molecule has 0 aliphatic carbocycles. The number of aromatic amines is 1. The lowest BCUT2D eigenvalue weighted by Crippen LogP contribution is -2.44. The number of piperidine rings is 1. The van der Waals surface area contributed by atoms with Crippen LogP contribution in [0.4, 0.5) is 5.82 Å². The van der Waals surface area contributed by atoms with E-state index in [1.807, 2.05) is 13.0 Å².